The highest BCUT2D eigenvalue weighted by atomic mass is 35.5. The van der Waals surface area contributed by atoms with E-state index in [0.717, 1.165) is 5.56 Å². The molecule has 142 valence electrons. The van der Waals surface area contributed by atoms with E-state index >= 15 is 0 Å². The molecule has 0 fully saturated rings. The molecule has 0 spiro atoms. The highest BCUT2D eigenvalue weighted by Crippen LogP contribution is 2.20. The second-order valence-corrected chi connectivity index (χ2v) is 6.17. The molecule has 1 aromatic heterocycles. The molecule has 1 aromatic carbocycles. The second kappa shape index (κ2) is 9.89. The van der Waals surface area contributed by atoms with Crippen LogP contribution < -0.4 is 5.32 Å². The Labute approximate surface area is 165 Å². The molecule has 0 saturated heterocycles. The molecule has 0 radical (unpaired) electrons. The number of halogens is 2. The highest BCUT2D eigenvalue weighted by molar-refractivity contribution is 6.41. The molecule has 0 aliphatic rings. The van der Waals surface area contributed by atoms with Crippen molar-refractivity contribution in [3.8, 4) is 0 Å². The second-order valence-electron chi connectivity index (χ2n) is 5.41. The fourth-order valence-corrected chi connectivity index (χ4v) is 2.44. The van der Waals surface area contributed by atoms with E-state index in [9.17, 15) is 14.4 Å². The first-order valence-electron chi connectivity index (χ1n) is 7.80. The van der Waals surface area contributed by atoms with Crippen LogP contribution in [0, 0.1) is 0 Å². The Bertz CT molecular complexity index is 830. The number of aromatic nitrogens is 1. The van der Waals surface area contributed by atoms with Crippen molar-refractivity contribution < 1.29 is 23.9 Å². The largest absolute Gasteiger partial charge is 0.467 e. The minimum absolute atomic E-state index is 0.0472. The lowest BCUT2D eigenvalue weighted by atomic mass is 10.1. The lowest BCUT2D eigenvalue weighted by molar-refractivity contribution is -0.145. The maximum absolute atomic E-state index is 12.1. The SMILES string of the molecule is COC(=O)[C@@H](Cc1ccccc1)NC(=O)COC(=O)c1cnc(Cl)c(Cl)c1. The number of pyridine rings is 1. The normalized spacial score (nSPS) is 11.4. The van der Waals surface area contributed by atoms with Crippen LogP contribution in [0.4, 0.5) is 0 Å². The minimum Gasteiger partial charge on any atom is -0.467 e. The van der Waals surface area contributed by atoms with Crippen LogP contribution in [0.15, 0.2) is 42.6 Å². The lowest BCUT2D eigenvalue weighted by Gasteiger charge is -2.16. The van der Waals surface area contributed by atoms with Gasteiger partial charge in [0.05, 0.1) is 17.7 Å². The van der Waals surface area contributed by atoms with E-state index < -0.39 is 30.5 Å². The third-order valence-corrected chi connectivity index (χ3v) is 4.16. The number of hydrogen-bond acceptors (Lipinski definition) is 6. The summed E-state index contributed by atoms with van der Waals surface area (Å²) in [5.41, 5.74) is 0.887. The molecule has 2 aromatic rings. The van der Waals surface area contributed by atoms with Gasteiger partial charge in [0.2, 0.25) is 0 Å². The molecule has 7 nitrogen and oxygen atoms in total. The number of nitrogens with one attached hydrogen (secondary N) is 1. The van der Waals surface area contributed by atoms with Gasteiger partial charge < -0.3 is 14.8 Å². The Morgan fingerprint density at radius 3 is 2.52 bits per heavy atom. The summed E-state index contributed by atoms with van der Waals surface area (Å²) in [6.45, 7) is -0.582. The van der Waals surface area contributed by atoms with Crippen molar-refractivity contribution in [2.75, 3.05) is 13.7 Å². The van der Waals surface area contributed by atoms with Gasteiger partial charge in [-0.3, -0.25) is 4.79 Å². The number of carbonyl (C=O) groups is 3. The van der Waals surface area contributed by atoms with Crippen LogP contribution in [0.25, 0.3) is 0 Å². The predicted octanol–water partition coefficient (Wildman–Crippen LogP) is 2.45. The average molecular weight is 411 g/mol. The third kappa shape index (κ3) is 6.23. The van der Waals surface area contributed by atoms with Gasteiger partial charge in [0, 0.05) is 12.6 Å². The summed E-state index contributed by atoms with van der Waals surface area (Å²) >= 11 is 11.5. The zero-order valence-electron chi connectivity index (χ0n) is 14.3. The molecule has 0 aliphatic heterocycles. The number of methoxy groups -OCH3 is 1. The standard InChI is InChI=1S/C18H16Cl2N2O5/c1-26-18(25)14(7-11-5-3-2-4-6-11)22-15(23)10-27-17(24)12-8-13(19)16(20)21-9-12/h2-6,8-9,14H,7,10H2,1H3,(H,22,23)/t14-/m1/s1. The van der Waals surface area contributed by atoms with Crippen molar-refractivity contribution in [2.24, 2.45) is 0 Å². The minimum atomic E-state index is -0.907. The summed E-state index contributed by atoms with van der Waals surface area (Å²) in [7, 11) is 1.23. The number of hydrogen-bond donors (Lipinski definition) is 1. The van der Waals surface area contributed by atoms with E-state index in [1.165, 1.54) is 19.4 Å². The van der Waals surface area contributed by atoms with Gasteiger partial charge in [-0.05, 0) is 11.6 Å². The van der Waals surface area contributed by atoms with Crippen molar-refractivity contribution in [3.05, 3.63) is 63.9 Å². The molecular weight excluding hydrogens is 395 g/mol. The van der Waals surface area contributed by atoms with Crippen LogP contribution in [0.5, 0.6) is 0 Å². The zero-order valence-corrected chi connectivity index (χ0v) is 15.8. The number of rotatable bonds is 7. The molecular formula is C18H16Cl2N2O5. The van der Waals surface area contributed by atoms with E-state index in [1.54, 1.807) is 0 Å². The molecule has 1 heterocycles. The lowest BCUT2D eigenvalue weighted by Crippen LogP contribution is -2.44. The Balaban J connectivity index is 1.93. The summed E-state index contributed by atoms with van der Waals surface area (Å²) in [4.78, 5) is 39.6. The van der Waals surface area contributed by atoms with E-state index in [0.29, 0.717) is 0 Å². The van der Waals surface area contributed by atoms with Gasteiger partial charge in [-0.1, -0.05) is 53.5 Å². The maximum Gasteiger partial charge on any atom is 0.340 e. The van der Waals surface area contributed by atoms with E-state index in [2.05, 4.69) is 10.3 Å². The Hall–Kier alpha value is -2.64. The van der Waals surface area contributed by atoms with Crippen LogP contribution >= 0.6 is 23.2 Å². The summed E-state index contributed by atoms with van der Waals surface area (Å²) in [5.74, 6) is -2.05. The van der Waals surface area contributed by atoms with Gasteiger partial charge in [0.25, 0.3) is 5.91 Å². The number of benzene rings is 1. The summed E-state index contributed by atoms with van der Waals surface area (Å²) in [5, 5.41) is 2.63. The Kier molecular flexibility index (Phi) is 7.57. The summed E-state index contributed by atoms with van der Waals surface area (Å²) in [6.07, 6.45) is 1.42. The van der Waals surface area contributed by atoms with Crippen molar-refractivity contribution in [1.29, 1.82) is 0 Å². The number of ether oxygens (including phenoxy) is 2. The quantitative estimate of drug-likeness (QED) is 0.556. The van der Waals surface area contributed by atoms with Crippen LogP contribution in [0.2, 0.25) is 10.2 Å². The van der Waals surface area contributed by atoms with Crippen molar-refractivity contribution >= 4 is 41.0 Å². The molecule has 9 heteroatoms. The molecule has 27 heavy (non-hydrogen) atoms. The fraction of sp³-hybridized carbons (Fsp3) is 0.222. The summed E-state index contributed by atoms with van der Waals surface area (Å²) in [6, 6.07) is 9.49. The topological polar surface area (TPSA) is 94.6 Å². The first kappa shape index (κ1) is 20.7. The van der Waals surface area contributed by atoms with Crippen LogP contribution in [0.1, 0.15) is 15.9 Å². The van der Waals surface area contributed by atoms with Gasteiger partial charge in [-0.2, -0.15) is 0 Å². The maximum atomic E-state index is 12.1. The average Bonchev–Trinajstić information content (AvgIpc) is 2.67. The molecule has 0 bridgehead atoms. The third-order valence-electron chi connectivity index (χ3n) is 3.47. The van der Waals surface area contributed by atoms with Gasteiger partial charge in [0.1, 0.15) is 11.2 Å². The molecule has 0 saturated carbocycles. The van der Waals surface area contributed by atoms with Gasteiger partial charge in [0.15, 0.2) is 6.61 Å². The first-order valence-corrected chi connectivity index (χ1v) is 8.55. The highest BCUT2D eigenvalue weighted by Gasteiger charge is 2.22. The number of amides is 1. The van der Waals surface area contributed by atoms with Crippen molar-refractivity contribution in [2.45, 2.75) is 12.5 Å². The van der Waals surface area contributed by atoms with Gasteiger partial charge in [-0.25, -0.2) is 14.6 Å². The number of nitrogens with zero attached hydrogens (tertiary/aromatic N) is 1. The zero-order chi connectivity index (χ0) is 19.8. The van der Waals surface area contributed by atoms with E-state index in [1.807, 2.05) is 30.3 Å². The molecule has 1 N–H and O–H groups in total. The molecule has 1 atom stereocenters. The van der Waals surface area contributed by atoms with E-state index in [4.69, 9.17) is 32.7 Å². The number of carbonyl (C=O) groups excluding carboxylic acids is 3. The van der Waals surface area contributed by atoms with Crippen molar-refractivity contribution in [3.63, 3.8) is 0 Å². The van der Waals surface area contributed by atoms with E-state index in [-0.39, 0.29) is 22.2 Å². The monoisotopic (exact) mass is 410 g/mol. The van der Waals surface area contributed by atoms with Crippen LogP contribution in [-0.2, 0) is 25.5 Å². The fourth-order valence-electron chi connectivity index (χ4n) is 2.17. The summed E-state index contributed by atoms with van der Waals surface area (Å²) < 4.78 is 9.61. The Morgan fingerprint density at radius 2 is 1.89 bits per heavy atom. The first-order chi connectivity index (χ1) is 12.9. The Morgan fingerprint density at radius 1 is 1.19 bits per heavy atom. The molecule has 1 amide bonds. The molecule has 0 aliphatic carbocycles. The number of esters is 2. The van der Waals surface area contributed by atoms with Gasteiger partial charge >= 0.3 is 11.9 Å². The van der Waals surface area contributed by atoms with Crippen LogP contribution in [-0.4, -0.2) is 42.6 Å². The smallest absolute Gasteiger partial charge is 0.340 e. The molecule has 2 rings (SSSR count). The van der Waals surface area contributed by atoms with Crippen molar-refractivity contribution in [1.82, 2.24) is 10.3 Å². The van der Waals surface area contributed by atoms with Gasteiger partial charge in [-0.15, -0.1) is 0 Å². The predicted molar refractivity (Wildman–Crippen MR) is 98.6 cm³/mol. The molecule has 0 unspecified atom stereocenters. The van der Waals surface area contributed by atoms with Crippen LogP contribution in [0.3, 0.4) is 0 Å².